The molecule has 2 aliphatic heterocycles. The first kappa shape index (κ1) is 19.4. The van der Waals surface area contributed by atoms with Crippen LogP contribution in [0.5, 0.6) is 0 Å². The van der Waals surface area contributed by atoms with Crippen molar-refractivity contribution in [2.24, 2.45) is 5.73 Å². The lowest BCUT2D eigenvalue weighted by Gasteiger charge is -2.38. The standard InChI is InChI=1S/C18H20N4O6S/c1-10-13(15(19)23)9-18(28-10)4-6-22(7-5-18)29(26,27)11-2-3-14-12(8-11)16(24)21-17(25)20-14/h2-3,8H,4-7,9H2,1H3,(H2,19,23)(H2,20,21,24,25). The maximum atomic E-state index is 13.1. The van der Waals surface area contributed by atoms with Crippen LogP contribution in [0, 0.1) is 0 Å². The summed E-state index contributed by atoms with van der Waals surface area (Å²) in [4.78, 5) is 39.4. The minimum Gasteiger partial charge on any atom is -0.491 e. The molecule has 0 saturated carbocycles. The zero-order valence-corrected chi connectivity index (χ0v) is 16.5. The zero-order valence-electron chi connectivity index (χ0n) is 15.6. The minimum absolute atomic E-state index is 0.0297. The van der Waals surface area contributed by atoms with E-state index >= 15 is 0 Å². The van der Waals surface area contributed by atoms with Gasteiger partial charge in [0.15, 0.2) is 0 Å². The van der Waals surface area contributed by atoms with Crippen LogP contribution in [0.25, 0.3) is 10.9 Å². The first-order valence-corrected chi connectivity index (χ1v) is 10.5. The van der Waals surface area contributed by atoms with Gasteiger partial charge in [0.2, 0.25) is 15.9 Å². The first-order valence-electron chi connectivity index (χ1n) is 9.06. The van der Waals surface area contributed by atoms with Gasteiger partial charge in [-0.15, -0.1) is 0 Å². The molecule has 3 heterocycles. The van der Waals surface area contributed by atoms with Crippen LogP contribution in [-0.2, 0) is 19.6 Å². The lowest BCUT2D eigenvalue weighted by molar-refractivity contribution is -0.114. The van der Waals surface area contributed by atoms with Crippen molar-refractivity contribution in [1.29, 1.82) is 0 Å². The molecular formula is C18H20N4O6S. The Bertz CT molecular complexity index is 1270. The van der Waals surface area contributed by atoms with E-state index in [1.165, 1.54) is 22.5 Å². The number of carbonyl (C=O) groups is 1. The molecule has 2 aliphatic rings. The Balaban J connectivity index is 1.57. The number of H-pyrrole nitrogens is 2. The van der Waals surface area contributed by atoms with Crippen LogP contribution in [0.3, 0.4) is 0 Å². The van der Waals surface area contributed by atoms with Gasteiger partial charge >= 0.3 is 5.69 Å². The monoisotopic (exact) mass is 420 g/mol. The Kier molecular flexibility index (Phi) is 4.39. The number of nitrogens with one attached hydrogen (secondary N) is 2. The number of allylic oxidation sites excluding steroid dienone is 1. The molecule has 0 aliphatic carbocycles. The van der Waals surface area contributed by atoms with Crippen molar-refractivity contribution < 1.29 is 17.9 Å². The predicted octanol–water partition coefficient (Wildman–Crippen LogP) is -0.0807. The van der Waals surface area contributed by atoms with Gasteiger partial charge in [-0.25, -0.2) is 13.2 Å². The summed E-state index contributed by atoms with van der Waals surface area (Å²) in [5, 5.41) is 0.0872. The molecule has 29 heavy (non-hydrogen) atoms. The number of aromatic nitrogens is 2. The van der Waals surface area contributed by atoms with Gasteiger partial charge in [-0.3, -0.25) is 14.6 Å². The summed E-state index contributed by atoms with van der Waals surface area (Å²) in [6.45, 7) is 2.11. The largest absolute Gasteiger partial charge is 0.491 e. The van der Waals surface area contributed by atoms with Crippen molar-refractivity contribution in [3.05, 3.63) is 50.4 Å². The normalized spacial score (nSPS) is 19.6. The van der Waals surface area contributed by atoms with Gasteiger partial charge in [0, 0.05) is 32.4 Å². The van der Waals surface area contributed by atoms with Crippen LogP contribution in [0.2, 0.25) is 0 Å². The molecule has 0 atom stereocenters. The van der Waals surface area contributed by atoms with Crippen molar-refractivity contribution in [3.63, 3.8) is 0 Å². The third-order valence-electron chi connectivity index (χ3n) is 5.57. The number of sulfonamides is 1. The number of amides is 1. The molecule has 154 valence electrons. The molecular weight excluding hydrogens is 400 g/mol. The van der Waals surface area contributed by atoms with Crippen LogP contribution < -0.4 is 17.0 Å². The number of aromatic amines is 2. The number of fused-ring (bicyclic) bond motifs is 1. The molecule has 4 N–H and O–H groups in total. The number of piperidine rings is 1. The van der Waals surface area contributed by atoms with E-state index < -0.39 is 32.8 Å². The van der Waals surface area contributed by atoms with Crippen LogP contribution in [0.15, 0.2) is 44.0 Å². The number of benzene rings is 1. The number of rotatable bonds is 3. The summed E-state index contributed by atoms with van der Waals surface area (Å²) in [6, 6.07) is 4.02. The fraction of sp³-hybridized carbons (Fsp3) is 0.389. The van der Waals surface area contributed by atoms with Crippen molar-refractivity contribution in [3.8, 4) is 0 Å². The molecule has 1 saturated heterocycles. The van der Waals surface area contributed by atoms with E-state index in [1.807, 2.05) is 0 Å². The topological polar surface area (TPSA) is 155 Å². The second-order valence-electron chi connectivity index (χ2n) is 7.38. The third-order valence-corrected chi connectivity index (χ3v) is 7.47. The molecule has 1 fully saturated rings. The van der Waals surface area contributed by atoms with E-state index in [4.69, 9.17) is 10.5 Å². The van der Waals surface area contributed by atoms with Crippen molar-refractivity contribution in [1.82, 2.24) is 14.3 Å². The number of carbonyl (C=O) groups excluding carboxylic acids is 1. The van der Waals surface area contributed by atoms with Gasteiger partial charge in [0.25, 0.3) is 5.56 Å². The van der Waals surface area contributed by atoms with Gasteiger partial charge < -0.3 is 15.5 Å². The summed E-state index contributed by atoms with van der Waals surface area (Å²) in [6.07, 6.45) is 1.21. The maximum Gasteiger partial charge on any atom is 0.326 e. The van der Waals surface area contributed by atoms with Gasteiger partial charge in [0.1, 0.15) is 11.4 Å². The summed E-state index contributed by atoms with van der Waals surface area (Å²) < 4.78 is 33.4. The lowest BCUT2D eigenvalue weighted by atomic mass is 9.87. The molecule has 1 aromatic carbocycles. The van der Waals surface area contributed by atoms with Crippen LogP contribution >= 0.6 is 0 Å². The fourth-order valence-corrected chi connectivity index (χ4v) is 5.46. The minimum atomic E-state index is -3.84. The number of nitrogens with two attached hydrogens (primary N) is 1. The summed E-state index contributed by atoms with van der Waals surface area (Å²) in [7, 11) is -3.84. The van der Waals surface area contributed by atoms with E-state index in [-0.39, 0.29) is 28.9 Å². The van der Waals surface area contributed by atoms with Gasteiger partial charge in [0.05, 0.1) is 21.4 Å². The Morgan fingerprint density at radius 3 is 2.52 bits per heavy atom. The molecule has 0 unspecified atom stereocenters. The maximum absolute atomic E-state index is 13.1. The van der Waals surface area contributed by atoms with Crippen molar-refractivity contribution >= 4 is 26.8 Å². The molecule has 10 nitrogen and oxygen atoms in total. The average molecular weight is 420 g/mol. The second-order valence-corrected chi connectivity index (χ2v) is 9.32. The quantitative estimate of drug-likeness (QED) is 0.631. The fourth-order valence-electron chi connectivity index (χ4n) is 4.00. The van der Waals surface area contributed by atoms with Gasteiger partial charge in [-0.2, -0.15) is 4.31 Å². The van der Waals surface area contributed by atoms with Crippen molar-refractivity contribution in [2.45, 2.75) is 36.7 Å². The average Bonchev–Trinajstić information content (AvgIpc) is 2.97. The SMILES string of the molecule is CC1=C(C(N)=O)CC2(CCN(S(=O)(=O)c3ccc4[nH]c(=O)[nH]c(=O)c4c3)CC2)O1. The molecule has 0 bridgehead atoms. The number of primary amides is 1. The molecule has 1 spiro atoms. The third kappa shape index (κ3) is 3.25. The second kappa shape index (κ2) is 6.56. The van der Waals surface area contributed by atoms with Gasteiger partial charge in [-0.1, -0.05) is 0 Å². The van der Waals surface area contributed by atoms with Crippen molar-refractivity contribution in [2.75, 3.05) is 13.1 Å². The van der Waals surface area contributed by atoms with Gasteiger partial charge in [-0.05, 0) is 25.1 Å². The number of hydrogen-bond acceptors (Lipinski definition) is 6. The summed E-state index contributed by atoms with van der Waals surface area (Å²) in [5.41, 5.74) is 4.17. The highest BCUT2D eigenvalue weighted by atomic mass is 32.2. The highest BCUT2D eigenvalue weighted by Crippen LogP contribution is 2.41. The number of ether oxygens (including phenoxy) is 1. The molecule has 2 aromatic rings. The molecule has 0 radical (unpaired) electrons. The Morgan fingerprint density at radius 2 is 1.90 bits per heavy atom. The molecule has 11 heteroatoms. The predicted molar refractivity (Wildman–Crippen MR) is 104 cm³/mol. The number of hydrogen-bond donors (Lipinski definition) is 3. The Morgan fingerprint density at radius 1 is 1.21 bits per heavy atom. The highest BCUT2D eigenvalue weighted by molar-refractivity contribution is 7.89. The van der Waals surface area contributed by atoms with Crippen LogP contribution in [0.1, 0.15) is 26.2 Å². The van der Waals surface area contributed by atoms with E-state index in [2.05, 4.69) is 9.97 Å². The molecule has 4 rings (SSSR count). The smallest absolute Gasteiger partial charge is 0.326 e. The molecule has 1 aromatic heterocycles. The summed E-state index contributed by atoms with van der Waals surface area (Å²) >= 11 is 0. The Hall–Kier alpha value is -2.92. The first-order chi connectivity index (χ1) is 13.6. The zero-order chi connectivity index (χ0) is 21.0. The van der Waals surface area contributed by atoms with E-state index in [0.717, 1.165) is 0 Å². The van der Waals surface area contributed by atoms with E-state index in [1.54, 1.807) is 6.92 Å². The van der Waals surface area contributed by atoms with E-state index in [9.17, 15) is 22.8 Å². The number of nitrogens with zero attached hydrogens (tertiary/aromatic N) is 1. The lowest BCUT2D eigenvalue weighted by Crippen LogP contribution is -2.46. The van der Waals surface area contributed by atoms with E-state index in [0.29, 0.717) is 30.6 Å². The molecule has 1 amide bonds. The van der Waals surface area contributed by atoms with Crippen LogP contribution in [-0.4, -0.2) is 47.3 Å². The Labute approximate surface area is 165 Å². The highest BCUT2D eigenvalue weighted by Gasteiger charge is 2.45. The summed E-state index contributed by atoms with van der Waals surface area (Å²) in [5.74, 6) is -0.0228. The van der Waals surface area contributed by atoms with Crippen LogP contribution in [0.4, 0.5) is 0 Å².